The van der Waals surface area contributed by atoms with Crippen LogP contribution in [0.15, 0.2) is 28.7 Å². The van der Waals surface area contributed by atoms with Gasteiger partial charge in [0.05, 0.1) is 0 Å². The molecule has 1 aliphatic rings. The Morgan fingerprint density at radius 2 is 2.08 bits per heavy atom. The van der Waals surface area contributed by atoms with Gasteiger partial charge in [-0.3, -0.25) is 0 Å². The van der Waals surface area contributed by atoms with Crippen LogP contribution in [0.5, 0.6) is 0 Å². The summed E-state index contributed by atoms with van der Waals surface area (Å²) in [5, 5.41) is 0. The highest BCUT2D eigenvalue weighted by molar-refractivity contribution is 5.72. The quantitative estimate of drug-likeness (QED) is 0.662. The molecule has 1 aliphatic carbocycles. The molecule has 0 unspecified atom stereocenters. The Kier molecular flexibility index (Phi) is 1.42. The van der Waals surface area contributed by atoms with E-state index in [0.29, 0.717) is 5.92 Å². The van der Waals surface area contributed by atoms with Crippen molar-refractivity contribution in [2.24, 2.45) is 0 Å². The standard InChI is InChI=1S/C11H11NO/c1-2-7-10-9(6-1)12-11(13-10)8-4-3-5-8/h1-2,6-8H,3-5H2. The van der Waals surface area contributed by atoms with Crippen molar-refractivity contribution in [3.63, 3.8) is 0 Å². The Bertz CT molecular complexity index is 395. The topological polar surface area (TPSA) is 26.0 Å². The lowest BCUT2D eigenvalue weighted by Gasteiger charge is -2.21. The largest absolute Gasteiger partial charge is 0.440 e. The van der Waals surface area contributed by atoms with Crippen LogP contribution in [0.4, 0.5) is 0 Å². The second-order valence-corrected chi connectivity index (χ2v) is 3.65. The second kappa shape index (κ2) is 2.59. The van der Waals surface area contributed by atoms with Crippen molar-refractivity contribution < 1.29 is 4.42 Å². The van der Waals surface area contributed by atoms with Gasteiger partial charge in [0.15, 0.2) is 11.5 Å². The van der Waals surface area contributed by atoms with Gasteiger partial charge in [0.1, 0.15) is 5.52 Å². The van der Waals surface area contributed by atoms with E-state index in [2.05, 4.69) is 4.98 Å². The van der Waals surface area contributed by atoms with Crippen molar-refractivity contribution in [2.45, 2.75) is 25.2 Å². The molecule has 66 valence electrons. The molecule has 0 spiro atoms. The van der Waals surface area contributed by atoms with Crippen molar-refractivity contribution in [2.75, 3.05) is 0 Å². The summed E-state index contributed by atoms with van der Waals surface area (Å²) in [7, 11) is 0. The number of rotatable bonds is 1. The molecule has 2 heteroatoms. The van der Waals surface area contributed by atoms with Crippen LogP contribution >= 0.6 is 0 Å². The Morgan fingerprint density at radius 1 is 1.23 bits per heavy atom. The SMILES string of the molecule is c1ccc2oc(C3CCC3)nc2c1. The summed E-state index contributed by atoms with van der Waals surface area (Å²) in [6.07, 6.45) is 3.81. The predicted octanol–water partition coefficient (Wildman–Crippen LogP) is 3.10. The van der Waals surface area contributed by atoms with Crippen molar-refractivity contribution in [3.8, 4) is 0 Å². The van der Waals surface area contributed by atoms with Gasteiger partial charge >= 0.3 is 0 Å². The van der Waals surface area contributed by atoms with E-state index in [-0.39, 0.29) is 0 Å². The molecule has 1 aromatic heterocycles. The number of hydrogen-bond donors (Lipinski definition) is 0. The van der Waals surface area contributed by atoms with E-state index in [1.165, 1.54) is 19.3 Å². The van der Waals surface area contributed by atoms with Gasteiger partial charge in [-0.2, -0.15) is 0 Å². The maximum atomic E-state index is 5.66. The van der Waals surface area contributed by atoms with Crippen LogP contribution in [0, 0.1) is 0 Å². The van der Waals surface area contributed by atoms with Gasteiger partial charge in [-0.25, -0.2) is 4.98 Å². The molecule has 1 aromatic carbocycles. The van der Waals surface area contributed by atoms with Crippen LogP contribution in [-0.2, 0) is 0 Å². The average molecular weight is 173 g/mol. The minimum Gasteiger partial charge on any atom is -0.440 e. The first kappa shape index (κ1) is 7.13. The summed E-state index contributed by atoms with van der Waals surface area (Å²) in [5.41, 5.74) is 1.91. The Hall–Kier alpha value is -1.31. The minimum atomic E-state index is 0.590. The minimum absolute atomic E-state index is 0.590. The van der Waals surface area contributed by atoms with Gasteiger partial charge in [-0.05, 0) is 25.0 Å². The molecule has 13 heavy (non-hydrogen) atoms. The normalized spacial score (nSPS) is 17.5. The summed E-state index contributed by atoms with van der Waals surface area (Å²) in [4.78, 5) is 4.47. The van der Waals surface area contributed by atoms with Crippen molar-refractivity contribution in [3.05, 3.63) is 30.2 Å². The lowest BCUT2D eigenvalue weighted by atomic mass is 9.85. The van der Waals surface area contributed by atoms with Crippen LogP contribution in [0.1, 0.15) is 31.1 Å². The van der Waals surface area contributed by atoms with Crippen LogP contribution in [-0.4, -0.2) is 4.98 Å². The molecule has 0 bridgehead atoms. The van der Waals surface area contributed by atoms with E-state index in [0.717, 1.165) is 17.0 Å². The number of benzene rings is 1. The van der Waals surface area contributed by atoms with E-state index < -0.39 is 0 Å². The molecule has 2 aromatic rings. The van der Waals surface area contributed by atoms with Crippen molar-refractivity contribution in [1.29, 1.82) is 0 Å². The lowest BCUT2D eigenvalue weighted by molar-refractivity contribution is 0.344. The van der Waals surface area contributed by atoms with Gasteiger partial charge in [-0.15, -0.1) is 0 Å². The van der Waals surface area contributed by atoms with Gasteiger partial charge in [0, 0.05) is 5.92 Å². The zero-order valence-corrected chi connectivity index (χ0v) is 7.36. The van der Waals surface area contributed by atoms with Crippen molar-refractivity contribution >= 4 is 11.1 Å². The maximum Gasteiger partial charge on any atom is 0.198 e. The molecule has 0 saturated heterocycles. The van der Waals surface area contributed by atoms with Crippen molar-refractivity contribution in [1.82, 2.24) is 4.98 Å². The van der Waals surface area contributed by atoms with E-state index in [9.17, 15) is 0 Å². The van der Waals surface area contributed by atoms with Crippen LogP contribution in [0.25, 0.3) is 11.1 Å². The molecule has 0 N–H and O–H groups in total. The van der Waals surface area contributed by atoms with Crippen LogP contribution in [0.3, 0.4) is 0 Å². The zero-order valence-electron chi connectivity index (χ0n) is 7.36. The van der Waals surface area contributed by atoms with Gasteiger partial charge in [-0.1, -0.05) is 18.6 Å². The maximum absolute atomic E-state index is 5.66. The monoisotopic (exact) mass is 173 g/mol. The van der Waals surface area contributed by atoms with E-state index >= 15 is 0 Å². The van der Waals surface area contributed by atoms with Crippen LogP contribution < -0.4 is 0 Å². The molecule has 2 nitrogen and oxygen atoms in total. The third kappa shape index (κ3) is 1.05. The van der Waals surface area contributed by atoms with E-state index in [4.69, 9.17) is 4.42 Å². The smallest absolute Gasteiger partial charge is 0.198 e. The highest BCUT2D eigenvalue weighted by Gasteiger charge is 2.24. The number of hydrogen-bond acceptors (Lipinski definition) is 2. The summed E-state index contributed by atoms with van der Waals surface area (Å²) < 4.78 is 5.66. The lowest BCUT2D eigenvalue weighted by Crippen LogP contribution is -2.08. The van der Waals surface area contributed by atoms with Gasteiger partial charge in [0.2, 0.25) is 0 Å². The molecule has 1 saturated carbocycles. The predicted molar refractivity (Wildman–Crippen MR) is 50.6 cm³/mol. The number of nitrogens with zero attached hydrogens (tertiary/aromatic N) is 1. The number of fused-ring (bicyclic) bond motifs is 1. The average Bonchev–Trinajstić information content (AvgIpc) is 2.43. The molecule has 0 atom stereocenters. The highest BCUT2D eigenvalue weighted by atomic mass is 16.3. The summed E-state index contributed by atoms with van der Waals surface area (Å²) in [6.45, 7) is 0. The zero-order chi connectivity index (χ0) is 8.67. The highest BCUT2D eigenvalue weighted by Crippen LogP contribution is 2.36. The first-order valence-corrected chi connectivity index (χ1v) is 4.79. The van der Waals surface area contributed by atoms with Crippen LogP contribution in [0.2, 0.25) is 0 Å². The fourth-order valence-electron chi connectivity index (χ4n) is 1.72. The molecule has 0 radical (unpaired) electrons. The molecular formula is C11H11NO. The molecular weight excluding hydrogens is 162 g/mol. The third-order valence-electron chi connectivity index (χ3n) is 2.76. The third-order valence-corrected chi connectivity index (χ3v) is 2.76. The molecule has 3 rings (SSSR count). The molecule has 0 amide bonds. The number of oxazole rings is 1. The molecule has 1 fully saturated rings. The summed E-state index contributed by atoms with van der Waals surface area (Å²) in [6, 6.07) is 7.96. The summed E-state index contributed by atoms with van der Waals surface area (Å²) in [5.74, 6) is 1.53. The first-order chi connectivity index (χ1) is 6.43. The summed E-state index contributed by atoms with van der Waals surface area (Å²) >= 11 is 0. The Balaban J connectivity index is 2.10. The number of aromatic nitrogens is 1. The molecule has 1 heterocycles. The van der Waals surface area contributed by atoms with E-state index in [1.54, 1.807) is 0 Å². The fourth-order valence-corrected chi connectivity index (χ4v) is 1.72. The Labute approximate surface area is 76.6 Å². The second-order valence-electron chi connectivity index (χ2n) is 3.65. The number of para-hydroxylation sites is 2. The Morgan fingerprint density at radius 3 is 2.77 bits per heavy atom. The van der Waals surface area contributed by atoms with Gasteiger partial charge in [0.25, 0.3) is 0 Å². The van der Waals surface area contributed by atoms with Gasteiger partial charge < -0.3 is 4.42 Å². The first-order valence-electron chi connectivity index (χ1n) is 4.79. The van der Waals surface area contributed by atoms with E-state index in [1.807, 2.05) is 24.3 Å². The molecule has 0 aliphatic heterocycles. The fraction of sp³-hybridized carbons (Fsp3) is 0.364.